The molecule has 0 spiro atoms. The van der Waals surface area contributed by atoms with Crippen molar-refractivity contribution in [3.63, 3.8) is 0 Å². The Bertz CT molecular complexity index is 891. The van der Waals surface area contributed by atoms with E-state index in [-0.39, 0.29) is 11.8 Å². The normalized spacial score (nSPS) is 17.9. The van der Waals surface area contributed by atoms with Gasteiger partial charge in [-0.1, -0.05) is 35.4 Å². The molecule has 138 valence electrons. The minimum atomic E-state index is -0.450. The lowest BCUT2D eigenvalue weighted by Gasteiger charge is -2.36. The van der Waals surface area contributed by atoms with Gasteiger partial charge in [0, 0.05) is 36.8 Å². The average Bonchev–Trinajstić information content (AvgIpc) is 3.33. The Labute approximate surface area is 160 Å². The number of carbonyl (C=O) groups is 2. The van der Waals surface area contributed by atoms with Crippen LogP contribution in [0, 0.1) is 0 Å². The highest BCUT2D eigenvalue weighted by Crippen LogP contribution is 2.50. The van der Waals surface area contributed by atoms with Crippen LogP contribution >= 0.6 is 11.3 Å². The second-order valence-electron chi connectivity index (χ2n) is 6.88. The van der Waals surface area contributed by atoms with Crippen molar-refractivity contribution in [2.45, 2.75) is 18.3 Å². The molecule has 2 aromatic rings. The molecule has 0 unspecified atom stereocenters. The van der Waals surface area contributed by atoms with Crippen molar-refractivity contribution in [3.8, 4) is 0 Å². The summed E-state index contributed by atoms with van der Waals surface area (Å²) >= 11 is 1.45. The highest BCUT2D eigenvalue weighted by atomic mass is 32.1. The van der Waals surface area contributed by atoms with Crippen LogP contribution < -0.4 is 0 Å². The van der Waals surface area contributed by atoms with Crippen LogP contribution in [-0.4, -0.2) is 47.8 Å². The van der Waals surface area contributed by atoms with Crippen LogP contribution in [0.3, 0.4) is 0 Å². The second-order valence-corrected chi connectivity index (χ2v) is 7.83. The van der Waals surface area contributed by atoms with Gasteiger partial charge >= 0.3 is 0 Å². The molecule has 1 aromatic heterocycles. The molecule has 1 aliphatic heterocycles. The van der Waals surface area contributed by atoms with Gasteiger partial charge in [0.25, 0.3) is 5.91 Å². The summed E-state index contributed by atoms with van der Waals surface area (Å²) in [5.41, 5.74) is 9.58. The number of azide groups is 1. The summed E-state index contributed by atoms with van der Waals surface area (Å²) in [5, 5.41) is 5.48. The van der Waals surface area contributed by atoms with Crippen molar-refractivity contribution in [1.29, 1.82) is 0 Å². The molecular weight excluding hydrogens is 362 g/mol. The smallest absolute Gasteiger partial charge is 0.264 e. The van der Waals surface area contributed by atoms with Gasteiger partial charge in [-0.05, 0) is 35.4 Å². The summed E-state index contributed by atoms with van der Waals surface area (Å²) in [6, 6.07) is 11.0. The molecule has 0 N–H and O–H groups in total. The molecule has 8 heteroatoms. The topological polar surface area (TPSA) is 89.4 Å². The van der Waals surface area contributed by atoms with E-state index >= 15 is 0 Å². The minimum absolute atomic E-state index is 0.0480. The lowest BCUT2D eigenvalue weighted by molar-refractivity contribution is -0.135. The summed E-state index contributed by atoms with van der Waals surface area (Å²) in [6.45, 7) is 2.26. The van der Waals surface area contributed by atoms with Crippen molar-refractivity contribution in [2.75, 3.05) is 26.2 Å². The van der Waals surface area contributed by atoms with Crippen molar-refractivity contribution in [1.82, 2.24) is 9.80 Å². The van der Waals surface area contributed by atoms with E-state index in [1.807, 2.05) is 39.4 Å². The number of nitrogens with zero attached hydrogens (tertiary/aromatic N) is 5. The van der Waals surface area contributed by atoms with E-state index in [1.165, 1.54) is 11.3 Å². The van der Waals surface area contributed by atoms with Gasteiger partial charge in [-0.3, -0.25) is 9.59 Å². The Kier molecular flexibility index (Phi) is 4.59. The van der Waals surface area contributed by atoms with Gasteiger partial charge in [0.1, 0.15) is 0 Å². The third-order valence-corrected chi connectivity index (χ3v) is 6.18. The predicted octanol–water partition coefficient (Wildman–Crippen LogP) is 3.71. The highest BCUT2D eigenvalue weighted by Gasteiger charge is 2.53. The molecule has 2 fully saturated rings. The van der Waals surface area contributed by atoms with E-state index in [4.69, 9.17) is 5.53 Å². The lowest BCUT2D eigenvalue weighted by atomic mass is 9.93. The Morgan fingerprint density at radius 3 is 2.26 bits per heavy atom. The minimum Gasteiger partial charge on any atom is -0.338 e. The fourth-order valence-corrected chi connectivity index (χ4v) is 4.31. The fourth-order valence-electron chi connectivity index (χ4n) is 3.62. The number of piperazine rings is 1. The van der Waals surface area contributed by atoms with E-state index in [9.17, 15) is 9.59 Å². The van der Waals surface area contributed by atoms with E-state index in [2.05, 4.69) is 10.0 Å². The number of hydrogen-bond donors (Lipinski definition) is 0. The van der Waals surface area contributed by atoms with Crippen LogP contribution in [0.5, 0.6) is 0 Å². The first-order valence-corrected chi connectivity index (χ1v) is 9.80. The average molecular weight is 381 g/mol. The largest absolute Gasteiger partial charge is 0.338 e. The van der Waals surface area contributed by atoms with Crippen LogP contribution in [0.4, 0.5) is 5.69 Å². The third kappa shape index (κ3) is 3.29. The van der Waals surface area contributed by atoms with Crippen LogP contribution in [0.15, 0.2) is 46.9 Å². The zero-order valence-corrected chi connectivity index (χ0v) is 15.6. The van der Waals surface area contributed by atoms with Crippen molar-refractivity contribution >= 4 is 28.8 Å². The van der Waals surface area contributed by atoms with Crippen LogP contribution in [0.2, 0.25) is 0 Å². The van der Waals surface area contributed by atoms with Gasteiger partial charge < -0.3 is 9.80 Å². The number of thiophene rings is 1. The molecule has 2 amide bonds. The Hall–Kier alpha value is -2.83. The molecule has 0 atom stereocenters. The molecule has 2 aliphatic rings. The third-order valence-electron chi connectivity index (χ3n) is 5.33. The van der Waals surface area contributed by atoms with Gasteiger partial charge in [-0.25, -0.2) is 0 Å². The molecular formula is C19H19N5O2S. The number of carbonyl (C=O) groups excluding carboxylic acids is 2. The standard InChI is InChI=1S/C19H19N5O2S/c20-22-21-15-5-3-14(4-6-15)19(7-8-19)18(26)24-11-9-23(10-12-24)17(25)16-2-1-13-27-16/h1-6,13H,7-12H2. The number of hydrogen-bond acceptors (Lipinski definition) is 4. The molecule has 0 bridgehead atoms. The highest BCUT2D eigenvalue weighted by molar-refractivity contribution is 7.12. The monoisotopic (exact) mass is 381 g/mol. The first-order chi connectivity index (χ1) is 13.1. The number of benzene rings is 1. The molecule has 1 saturated heterocycles. The molecule has 1 aromatic carbocycles. The van der Waals surface area contributed by atoms with Crippen LogP contribution in [0.1, 0.15) is 28.1 Å². The van der Waals surface area contributed by atoms with Crippen LogP contribution in [0.25, 0.3) is 10.4 Å². The van der Waals surface area contributed by atoms with Gasteiger partial charge in [0.05, 0.1) is 10.3 Å². The Morgan fingerprint density at radius 1 is 1.04 bits per heavy atom. The van der Waals surface area contributed by atoms with Gasteiger partial charge in [-0.2, -0.15) is 0 Å². The molecule has 1 aliphatic carbocycles. The zero-order valence-electron chi connectivity index (χ0n) is 14.7. The number of amides is 2. The van der Waals surface area contributed by atoms with E-state index in [0.717, 1.165) is 23.3 Å². The second kappa shape index (κ2) is 7.06. The fraction of sp³-hybridized carbons (Fsp3) is 0.368. The van der Waals surface area contributed by atoms with Crippen LogP contribution in [-0.2, 0) is 10.2 Å². The maximum Gasteiger partial charge on any atom is 0.264 e. The summed E-state index contributed by atoms with van der Waals surface area (Å²) in [5.74, 6) is 0.189. The quantitative estimate of drug-likeness (QED) is 0.459. The van der Waals surface area contributed by atoms with Gasteiger partial charge in [0.15, 0.2) is 0 Å². The first-order valence-electron chi connectivity index (χ1n) is 8.92. The van der Waals surface area contributed by atoms with E-state index in [0.29, 0.717) is 31.9 Å². The van der Waals surface area contributed by atoms with E-state index in [1.54, 1.807) is 12.1 Å². The van der Waals surface area contributed by atoms with Gasteiger partial charge in [-0.15, -0.1) is 11.3 Å². The lowest BCUT2D eigenvalue weighted by Crippen LogP contribution is -2.52. The SMILES string of the molecule is [N-]=[N+]=Nc1ccc(C2(C(=O)N3CCN(C(=O)c4cccs4)CC3)CC2)cc1. The maximum atomic E-state index is 13.1. The molecule has 2 heterocycles. The summed E-state index contributed by atoms with van der Waals surface area (Å²) in [4.78, 5) is 32.8. The molecule has 0 radical (unpaired) electrons. The zero-order chi connectivity index (χ0) is 18.9. The molecule has 1 saturated carbocycles. The number of rotatable bonds is 4. The molecule has 4 rings (SSSR count). The van der Waals surface area contributed by atoms with Crippen molar-refractivity contribution in [2.24, 2.45) is 5.11 Å². The maximum absolute atomic E-state index is 13.1. The van der Waals surface area contributed by atoms with Crippen molar-refractivity contribution in [3.05, 3.63) is 62.7 Å². The first kappa shape index (κ1) is 17.6. The predicted molar refractivity (Wildman–Crippen MR) is 103 cm³/mol. The van der Waals surface area contributed by atoms with E-state index < -0.39 is 5.41 Å². The van der Waals surface area contributed by atoms with Crippen molar-refractivity contribution < 1.29 is 9.59 Å². The summed E-state index contributed by atoms with van der Waals surface area (Å²) in [6.07, 6.45) is 1.67. The molecule has 7 nitrogen and oxygen atoms in total. The molecule has 27 heavy (non-hydrogen) atoms. The summed E-state index contributed by atoms with van der Waals surface area (Å²) in [7, 11) is 0. The Balaban J connectivity index is 1.41. The van der Waals surface area contributed by atoms with Gasteiger partial charge in [0.2, 0.25) is 5.91 Å². The summed E-state index contributed by atoms with van der Waals surface area (Å²) < 4.78 is 0. The Morgan fingerprint density at radius 2 is 1.70 bits per heavy atom.